The van der Waals surface area contributed by atoms with Crippen LogP contribution in [0.15, 0.2) is 54.6 Å². The SMILES string of the molecule is O=C(Nc1cc(C(=O)N2C[C@H](O)C[C@H]2C(=O)O)[nH]n1)OCC1c2ccccc2-c2ccccc21. The molecular formula is C24H22N4O6. The first-order valence-corrected chi connectivity index (χ1v) is 10.8. The van der Waals surface area contributed by atoms with Gasteiger partial charge in [-0.15, -0.1) is 0 Å². The molecule has 3 aromatic rings. The minimum absolute atomic E-state index is 0.00528. The number of hydrogen-bond acceptors (Lipinski definition) is 6. The predicted molar refractivity (Wildman–Crippen MR) is 120 cm³/mol. The number of carboxylic acid groups (broad SMARTS) is 1. The van der Waals surface area contributed by atoms with Crippen molar-refractivity contribution in [3.05, 3.63) is 71.4 Å². The number of nitrogens with one attached hydrogen (secondary N) is 2. The summed E-state index contributed by atoms with van der Waals surface area (Å²) >= 11 is 0. The van der Waals surface area contributed by atoms with Gasteiger partial charge in [-0.3, -0.25) is 15.2 Å². The van der Waals surface area contributed by atoms with Crippen molar-refractivity contribution in [2.75, 3.05) is 18.5 Å². The van der Waals surface area contributed by atoms with Crippen molar-refractivity contribution in [1.29, 1.82) is 0 Å². The number of nitrogens with zero attached hydrogens (tertiary/aromatic N) is 2. The topological polar surface area (TPSA) is 145 Å². The van der Waals surface area contributed by atoms with E-state index in [2.05, 4.69) is 15.5 Å². The number of fused-ring (bicyclic) bond motifs is 3. The predicted octanol–water partition coefficient (Wildman–Crippen LogP) is 2.43. The first-order chi connectivity index (χ1) is 16.4. The summed E-state index contributed by atoms with van der Waals surface area (Å²) in [6.07, 6.45) is -1.68. The summed E-state index contributed by atoms with van der Waals surface area (Å²) in [7, 11) is 0. The number of aliphatic carboxylic acids is 1. The maximum atomic E-state index is 12.7. The highest BCUT2D eigenvalue weighted by molar-refractivity contribution is 5.96. The van der Waals surface area contributed by atoms with E-state index in [1.807, 2.05) is 48.5 Å². The Hall–Kier alpha value is -4.18. The molecule has 10 nitrogen and oxygen atoms in total. The molecule has 0 radical (unpaired) electrons. The fourth-order valence-corrected chi connectivity index (χ4v) is 4.66. The first-order valence-electron chi connectivity index (χ1n) is 10.8. The Balaban J connectivity index is 1.23. The van der Waals surface area contributed by atoms with Gasteiger partial charge in [0.1, 0.15) is 18.3 Å². The second-order valence-corrected chi connectivity index (χ2v) is 8.32. The number of carboxylic acids is 1. The standard InChI is InChI=1S/C24H22N4O6/c29-13-9-20(23(31)32)28(11-13)22(30)19-10-21(27-26-19)25-24(33)34-12-18-16-7-3-1-5-14(16)15-6-2-4-8-17(15)18/h1-8,10,13,18,20,29H,9,11-12H2,(H,31,32)(H2,25,26,27,33)/t13-,20+/m1/s1. The molecule has 174 valence electrons. The highest BCUT2D eigenvalue weighted by Gasteiger charge is 2.39. The molecule has 34 heavy (non-hydrogen) atoms. The summed E-state index contributed by atoms with van der Waals surface area (Å²) in [4.78, 5) is 37.5. The lowest BCUT2D eigenvalue weighted by atomic mass is 9.98. The number of aliphatic hydroxyl groups excluding tert-OH is 1. The van der Waals surface area contributed by atoms with E-state index in [4.69, 9.17) is 4.74 Å². The second-order valence-electron chi connectivity index (χ2n) is 8.32. The number of aromatic nitrogens is 2. The molecule has 0 bridgehead atoms. The first kappa shape index (κ1) is 21.7. The minimum atomic E-state index is -1.19. The van der Waals surface area contributed by atoms with Gasteiger partial charge in [0.15, 0.2) is 5.82 Å². The van der Waals surface area contributed by atoms with E-state index >= 15 is 0 Å². The summed E-state index contributed by atoms with van der Waals surface area (Å²) in [5.74, 6) is -1.85. The number of β-amino-alcohol motifs (C(OH)–C–C–N with tert-alkyl or cyclic N) is 1. The molecule has 1 aliphatic heterocycles. The van der Waals surface area contributed by atoms with Crippen molar-refractivity contribution >= 4 is 23.8 Å². The van der Waals surface area contributed by atoms with E-state index in [1.54, 1.807) is 0 Å². The highest BCUT2D eigenvalue weighted by atomic mass is 16.5. The number of carbonyl (C=O) groups excluding carboxylic acids is 2. The Bertz CT molecular complexity index is 1230. The number of rotatable bonds is 5. The Morgan fingerprint density at radius 1 is 1.09 bits per heavy atom. The highest BCUT2D eigenvalue weighted by Crippen LogP contribution is 2.44. The zero-order chi connectivity index (χ0) is 23.8. The molecule has 2 heterocycles. The fourth-order valence-electron chi connectivity index (χ4n) is 4.66. The number of aromatic amines is 1. The van der Waals surface area contributed by atoms with E-state index < -0.39 is 30.1 Å². The maximum absolute atomic E-state index is 12.7. The second kappa shape index (κ2) is 8.64. The molecular weight excluding hydrogens is 440 g/mol. The third-order valence-electron chi connectivity index (χ3n) is 6.21. The molecule has 0 saturated carbocycles. The van der Waals surface area contributed by atoms with Crippen LogP contribution in [-0.4, -0.2) is 68.6 Å². The van der Waals surface area contributed by atoms with Crippen molar-refractivity contribution in [2.45, 2.75) is 24.5 Å². The van der Waals surface area contributed by atoms with Crippen LogP contribution in [0.25, 0.3) is 11.1 Å². The number of hydrogen-bond donors (Lipinski definition) is 4. The molecule has 10 heteroatoms. The van der Waals surface area contributed by atoms with Crippen molar-refractivity contribution in [1.82, 2.24) is 15.1 Å². The molecule has 1 aliphatic carbocycles. The Labute approximate surface area is 194 Å². The van der Waals surface area contributed by atoms with Gasteiger partial charge < -0.3 is 19.8 Å². The average molecular weight is 462 g/mol. The van der Waals surface area contributed by atoms with Crippen LogP contribution in [0.4, 0.5) is 10.6 Å². The lowest BCUT2D eigenvalue weighted by Crippen LogP contribution is -2.40. The number of benzene rings is 2. The fraction of sp³-hybridized carbons (Fsp3) is 0.250. The van der Waals surface area contributed by atoms with Gasteiger partial charge in [0.05, 0.1) is 6.10 Å². The third kappa shape index (κ3) is 3.88. The van der Waals surface area contributed by atoms with E-state index in [0.717, 1.165) is 27.2 Å². The van der Waals surface area contributed by atoms with Gasteiger partial charge in [0.25, 0.3) is 5.91 Å². The van der Waals surface area contributed by atoms with Crippen molar-refractivity contribution in [2.24, 2.45) is 0 Å². The molecule has 1 aromatic heterocycles. The quantitative estimate of drug-likeness (QED) is 0.456. The van der Waals surface area contributed by atoms with E-state index in [9.17, 15) is 24.6 Å². The molecule has 2 amide bonds. The van der Waals surface area contributed by atoms with E-state index in [1.165, 1.54) is 6.07 Å². The maximum Gasteiger partial charge on any atom is 0.412 e. The van der Waals surface area contributed by atoms with Crippen LogP contribution in [0, 0.1) is 0 Å². The monoisotopic (exact) mass is 462 g/mol. The number of H-pyrrole nitrogens is 1. The minimum Gasteiger partial charge on any atom is -0.480 e. The number of aliphatic hydroxyl groups is 1. The van der Waals surface area contributed by atoms with Gasteiger partial charge >= 0.3 is 12.1 Å². The Morgan fingerprint density at radius 3 is 2.38 bits per heavy atom. The molecule has 0 spiro atoms. The lowest BCUT2D eigenvalue weighted by Gasteiger charge is -2.19. The zero-order valence-electron chi connectivity index (χ0n) is 18.0. The van der Waals surface area contributed by atoms with Gasteiger partial charge in [-0.05, 0) is 22.3 Å². The average Bonchev–Trinajstić information content (AvgIpc) is 3.53. The molecule has 1 saturated heterocycles. The molecule has 2 atom stereocenters. The smallest absolute Gasteiger partial charge is 0.412 e. The molecule has 5 rings (SSSR count). The van der Waals surface area contributed by atoms with Gasteiger partial charge in [-0.2, -0.15) is 5.10 Å². The summed E-state index contributed by atoms with van der Waals surface area (Å²) < 4.78 is 5.47. The van der Waals surface area contributed by atoms with Crippen molar-refractivity contribution in [3.8, 4) is 11.1 Å². The van der Waals surface area contributed by atoms with Crippen LogP contribution in [0.2, 0.25) is 0 Å². The van der Waals surface area contributed by atoms with Crippen molar-refractivity contribution < 1.29 is 29.3 Å². The number of anilines is 1. The normalized spacial score (nSPS) is 18.9. The molecule has 4 N–H and O–H groups in total. The number of amides is 2. The Morgan fingerprint density at radius 2 is 1.74 bits per heavy atom. The van der Waals surface area contributed by atoms with Gasteiger partial charge in [-0.1, -0.05) is 48.5 Å². The summed E-state index contributed by atoms with van der Waals surface area (Å²) in [5, 5.41) is 27.9. The van der Waals surface area contributed by atoms with Crippen LogP contribution >= 0.6 is 0 Å². The molecule has 0 unspecified atom stereocenters. The van der Waals surface area contributed by atoms with Gasteiger partial charge in [0.2, 0.25) is 0 Å². The third-order valence-corrected chi connectivity index (χ3v) is 6.21. The van der Waals surface area contributed by atoms with E-state index in [0.29, 0.717) is 0 Å². The molecule has 1 fully saturated rings. The largest absolute Gasteiger partial charge is 0.480 e. The van der Waals surface area contributed by atoms with Crippen LogP contribution < -0.4 is 5.32 Å². The van der Waals surface area contributed by atoms with Crippen LogP contribution in [0.5, 0.6) is 0 Å². The lowest BCUT2D eigenvalue weighted by molar-refractivity contribution is -0.141. The summed E-state index contributed by atoms with van der Waals surface area (Å²) in [5.41, 5.74) is 4.41. The summed E-state index contributed by atoms with van der Waals surface area (Å²) in [6, 6.07) is 16.2. The summed E-state index contributed by atoms with van der Waals surface area (Å²) in [6.45, 7) is 0.0337. The van der Waals surface area contributed by atoms with Crippen LogP contribution in [-0.2, 0) is 9.53 Å². The molecule has 2 aliphatic rings. The van der Waals surface area contributed by atoms with Gasteiger partial charge in [0, 0.05) is 24.9 Å². The van der Waals surface area contributed by atoms with Crippen LogP contribution in [0.1, 0.15) is 34.0 Å². The van der Waals surface area contributed by atoms with E-state index in [-0.39, 0.29) is 37.0 Å². The molecule has 2 aromatic carbocycles. The van der Waals surface area contributed by atoms with Gasteiger partial charge in [-0.25, -0.2) is 9.59 Å². The number of carbonyl (C=O) groups is 3. The zero-order valence-corrected chi connectivity index (χ0v) is 18.0. The number of likely N-dealkylation sites (tertiary alicyclic amines) is 1. The Kier molecular flexibility index (Phi) is 5.50. The number of ether oxygens (including phenoxy) is 1. The van der Waals surface area contributed by atoms with Crippen molar-refractivity contribution in [3.63, 3.8) is 0 Å². The van der Waals surface area contributed by atoms with Crippen LogP contribution in [0.3, 0.4) is 0 Å².